The number of carbonyl (C=O) groups is 1. The molecule has 4 N–H and O–H groups in total. The van der Waals surface area contributed by atoms with E-state index < -0.39 is 17.7 Å². The van der Waals surface area contributed by atoms with Crippen LogP contribution in [0, 0.1) is 12.3 Å². The molecule has 10 nitrogen and oxygen atoms in total. The summed E-state index contributed by atoms with van der Waals surface area (Å²) in [5, 5.41) is 31.8. The first-order valence-corrected chi connectivity index (χ1v) is 12.4. The molecule has 0 radical (unpaired) electrons. The minimum atomic E-state index is -2.05. The molecule has 1 saturated heterocycles. The molecular formula is C26H34ClFN6O4. The zero-order valence-electron chi connectivity index (χ0n) is 22.4. The SMILES string of the molecule is CNC[C@@H](O)COc1ccc(Cl)c(-c2nc(/C(C(C)=N)=C(\C)O)c(C)c(N3CC(F)(C(=O)N(C)C)C3)n2)c1. The molecule has 3 rings (SSSR count). The third-order valence-electron chi connectivity index (χ3n) is 6.13. The van der Waals surface area contributed by atoms with Crippen LogP contribution in [0.15, 0.2) is 24.0 Å². The molecule has 206 valence electrons. The van der Waals surface area contributed by atoms with E-state index in [0.29, 0.717) is 40.0 Å². The highest BCUT2D eigenvalue weighted by molar-refractivity contribution is 6.33. The number of ether oxygens (including phenoxy) is 1. The predicted molar refractivity (Wildman–Crippen MR) is 146 cm³/mol. The number of amides is 1. The molecule has 12 heteroatoms. The average Bonchev–Trinajstić information content (AvgIpc) is 2.82. The first kappa shape index (κ1) is 29.3. The van der Waals surface area contributed by atoms with Crippen molar-refractivity contribution in [2.45, 2.75) is 32.5 Å². The van der Waals surface area contributed by atoms with Gasteiger partial charge in [0.2, 0.25) is 5.67 Å². The number of hydrogen-bond acceptors (Lipinski definition) is 9. The van der Waals surface area contributed by atoms with Gasteiger partial charge in [-0.3, -0.25) is 4.79 Å². The van der Waals surface area contributed by atoms with Crippen molar-refractivity contribution in [3.05, 3.63) is 40.2 Å². The second kappa shape index (κ2) is 11.6. The summed E-state index contributed by atoms with van der Waals surface area (Å²) in [7, 11) is 4.73. The molecular weight excluding hydrogens is 515 g/mol. The summed E-state index contributed by atoms with van der Waals surface area (Å²) in [6.07, 6.45) is -0.721. The van der Waals surface area contributed by atoms with Gasteiger partial charge in [0.15, 0.2) is 5.82 Å². The van der Waals surface area contributed by atoms with Gasteiger partial charge in [0.05, 0.1) is 29.4 Å². The van der Waals surface area contributed by atoms with Crippen molar-refractivity contribution in [1.29, 1.82) is 5.41 Å². The van der Waals surface area contributed by atoms with Crippen LogP contribution >= 0.6 is 11.6 Å². The lowest BCUT2D eigenvalue weighted by Gasteiger charge is -2.45. The number of likely N-dealkylation sites (N-methyl/N-ethyl adjacent to an activating group) is 1. The molecule has 1 amide bonds. The molecule has 0 unspecified atom stereocenters. The monoisotopic (exact) mass is 548 g/mol. The minimum absolute atomic E-state index is 0.0447. The quantitative estimate of drug-likeness (QED) is 0.263. The number of aromatic nitrogens is 2. The van der Waals surface area contributed by atoms with Crippen LogP contribution in [0.25, 0.3) is 17.0 Å². The third kappa shape index (κ3) is 6.06. The Hall–Kier alpha value is -3.28. The lowest BCUT2D eigenvalue weighted by atomic mass is 9.93. The Kier molecular flexibility index (Phi) is 8.96. The summed E-state index contributed by atoms with van der Waals surface area (Å²) < 4.78 is 21.0. The van der Waals surface area contributed by atoms with Crippen LogP contribution in [0.1, 0.15) is 25.1 Å². The molecule has 1 aliphatic rings. The van der Waals surface area contributed by atoms with Crippen LogP contribution in [-0.2, 0) is 4.79 Å². The molecule has 0 spiro atoms. The van der Waals surface area contributed by atoms with Crippen LogP contribution in [0.4, 0.5) is 10.2 Å². The van der Waals surface area contributed by atoms with Gasteiger partial charge in [0.1, 0.15) is 30.0 Å². The van der Waals surface area contributed by atoms with Crippen molar-refractivity contribution in [3.63, 3.8) is 0 Å². The average molecular weight is 549 g/mol. The Morgan fingerprint density at radius 2 is 2.00 bits per heavy atom. The second-order valence-corrected chi connectivity index (χ2v) is 10.0. The van der Waals surface area contributed by atoms with E-state index in [-0.39, 0.29) is 42.6 Å². The van der Waals surface area contributed by atoms with Crippen LogP contribution < -0.4 is 15.0 Å². The Labute approximate surface area is 226 Å². The lowest BCUT2D eigenvalue weighted by molar-refractivity contribution is -0.143. The Balaban J connectivity index is 2.11. The summed E-state index contributed by atoms with van der Waals surface area (Å²) in [5.74, 6) is 0.215. The van der Waals surface area contributed by atoms with E-state index in [1.165, 1.54) is 32.8 Å². The summed E-state index contributed by atoms with van der Waals surface area (Å²) in [6.45, 7) is 4.69. The van der Waals surface area contributed by atoms with Gasteiger partial charge in [-0.1, -0.05) is 11.6 Å². The molecule has 0 saturated carbocycles. The summed E-state index contributed by atoms with van der Waals surface area (Å²) in [4.78, 5) is 24.5. The van der Waals surface area contributed by atoms with Gasteiger partial charge >= 0.3 is 0 Å². The molecule has 0 bridgehead atoms. The molecule has 1 atom stereocenters. The summed E-state index contributed by atoms with van der Waals surface area (Å²) in [6, 6.07) is 4.89. The highest BCUT2D eigenvalue weighted by atomic mass is 35.5. The normalized spacial score (nSPS) is 15.9. The molecule has 2 aromatic rings. The smallest absolute Gasteiger partial charge is 0.263 e. The van der Waals surface area contributed by atoms with Crippen LogP contribution in [-0.4, -0.2) is 95.9 Å². The zero-order valence-corrected chi connectivity index (χ0v) is 23.1. The fourth-order valence-electron chi connectivity index (χ4n) is 4.29. The van der Waals surface area contributed by atoms with Crippen LogP contribution in [0.5, 0.6) is 5.75 Å². The molecule has 1 aliphatic heterocycles. The number of benzene rings is 1. The van der Waals surface area contributed by atoms with E-state index in [2.05, 4.69) is 15.3 Å². The van der Waals surface area contributed by atoms with Gasteiger partial charge in [-0.15, -0.1) is 0 Å². The fourth-order valence-corrected chi connectivity index (χ4v) is 4.50. The largest absolute Gasteiger partial charge is 0.512 e. The molecule has 1 fully saturated rings. The second-order valence-electron chi connectivity index (χ2n) is 9.61. The van der Waals surface area contributed by atoms with E-state index in [0.717, 1.165) is 0 Å². The van der Waals surface area contributed by atoms with Crippen LogP contribution in [0.2, 0.25) is 5.02 Å². The molecule has 0 aliphatic carbocycles. The van der Waals surface area contributed by atoms with Crippen LogP contribution in [0.3, 0.4) is 0 Å². The first-order valence-electron chi connectivity index (χ1n) is 12.0. The third-order valence-corrected chi connectivity index (χ3v) is 6.46. The number of hydrogen-bond donors (Lipinski definition) is 4. The molecule has 1 aromatic carbocycles. The summed E-state index contributed by atoms with van der Waals surface area (Å²) in [5.41, 5.74) is -0.548. The maximum Gasteiger partial charge on any atom is 0.263 e. The molecule has 38 heavy (non-hydrogen) atoms. The number of aliphatic hydroxyl groups is 2. The number of alkyl halides is 1. The van der Waals surface area contributed by atoms with Crippen molar-refractivity contribution >= 4 is 34.6 Å². The van der Waals surface area contributed by atoms with E-state index in [1.807, 2.05) is 0 Å². The van der Waals surface area contributed by atoms with E-state index in [4.69, 9.17) is 21.7 Å². The highest BCUT2D eigenvalue weighted by Gasteiger charge is 2.52. The number of halogens is 2. The summed E-state index contributed by atoms with van der Waals surface area (Å²) >= 11 is 6.52. The standard InChI is InChI=1S/C26H34ClFN6O4/c1-14-22(21(15(2)29)16(3)35)31-23(32-24(14)34-12-26(28,13-34)25(37)33(5)6)19-9-18(7-8-20(19)27)38-11-17(36)10-30-4/h7-9,17,29-30,35-36H,10-13H2,1-6H3/b21-16+,29-15?/t17-/m1/s1. The number of nitrogens with one attached hydrogen (secondary N) is 2. The number of nitrogens with zero attached hydrogens (tertiary/aromatic N) is 4. The predicted octanol–water partition coefficient (Wildman–Crippen LogP) is 3.01. The number of allylic oxidation sites excluding steroid dienone is 2. The molecule has 2 heterocycles. The number of rotatable bonds is 10. The van der Waals surface area contributed by atoms with Gasteiger partial charge in [0.25, 0.3) is 5.91 Å². The van der Waals surface area contributed by atoms with Gasteiger partial charge in [0, 0.05) is 37.5 Å². The van der Waals surface area contributed by atoms with Crippen molar-refractivity contribution in [3.8, 4) is 17.1 Å². The van der Waals surface area contributed by atoms with Crippen molar-refractivity contribution < 1.29 is 24.1 Å². The van der Waals surface area contributed by atoms with E-state index >= 15 is 4.39 Å². The highest BCUT2D eigenvalue weighted by Crippen LogP contribution is 2.38. The van der Waals surface area contributed by atoms with Crippen molar-refractivity contribution in [2.75, 3.05) is 52.3 Å². The van der Waals surface area contributed by atoms with E-state index in [1.54, 1.807) is 37.1 Å². The zero-order chi connectivity index (χ0) is 28.4. The number of anilines is 1. The topological polar surface area (TPSA) is 135 Å². The maximum atomic E-state index is 15.3. The van der Waals surface area contributed by atoms with Crippen molar-refractivity contribution in [2.24, 2.45) is 0 Å². The number of aliphatic hydroxyl groups excluding tert-OH is 2. The lowest BCUT2D eigenvalue weighted by Crippen LogP contribution is -2.66. The Morgan fingerprint density at radius 3 is 2.55 bits per heavy atom. The first-order chi connectivity index (χ1) is 17.8. The van der Waals surface area contributed by atoms with Gasteiger partial charge in [-0.05, 0) is 46.0 Å². The maximum absolute atomic E-state index is 15.3. The van der Waals surface area contributed by atoms with E-state index in [9.17, 15) is 15.0 Å². The van der Waals surface area contributed by atoms with Gasteiger partial charge in [-0.25, -0.2) is 14.4 Å². The van der Waals surface area contributed by atoms with Gasteiger partial charge < -0.3 is 35.5 Å². The fraction of sp³-hybridized carbons (Fsp3) is 0.462. The number of carbonyl (C=O) groups excluding carboxylic acids is 1. The van der Waals surface area contributed by atoms with Crippen molar-refractivity contribution in [1.82, 2.24) is 20.2 Å². The van der Waals surface area contributed by atoms with Gasteiger partial charge in [-0.2, -0.15) is 0 Å². The Morgan fingerprint density at radius 1 is 1.34 bits per heavy atom. The minimum Gasteiger partial charge on any atom is -0.512 e. The molecule has 1 aromatic heterocycles. The Bertz CT molecular complexity index is 1260.